The van der Waals surface area contributed by atoms with Gasteiger partial charge in [-0.25, -0.2) is 0 Å². The maximum absolute atomic E-state index is 3.79. The standard InChI is InChI=1S/C30H40N2S2/c1-29(2,3)22-19-23(30(4,5)6)21-27(20-22)34-28(17-18-33-7)32-26-15-13-25(14-16-26)31-24-11-9-8-10-12-24/h8-16,19-21,28,31-32H,17-18H2,1-7H3. The molecule has 0 saturated heterocycles. The van der Waals surface area contributed by atoms with Crippen LogP contribution in [-0.2, 0) is 10.8 Å². The Morgan fingerprint density at radius 1 is 0.706 bits per heavy atom. The highest BCUT2D eigenvalue weighted by Crippen LogP contribution is 2.36. The van der Waals surface area contributed by atoms with E-state index in [9.17, 15) is 0 Å². The third kappa shape index (κ3) is 8.02. The number of anilines is 3. The summed E-state index contributed by atoms with van der Waals surface area (Å²) in [6.07, 6.45) is 3.28. The highest BCUT2D eigenvalue weighted by Gasteiger charge is 2.22. The SMILES string of the molecule is CSCCC(Nc1ccc(Nc2ccccc2)cc1)Sc1cc(C(C)(C)C)cc(C(C)(C)C)c1. The van der Waals surface area contributed by atoms with Crippen molar-refractivity contribution in [1.82, 2.24) is 0 Å². The first-order chi connectivity index (χ1) is 16.0. The number of thioether (sulfide) groups is 2. The van der Waals surface area contributed by atoms with Crippen molar-refractivity contribution in [2.75, 3.05) is 22.6 Å². The van der Waals surface area contributed by atoms with Gasteiger partial charge in [-0.1, -0.05) is 65.8 Å². The second-order valence-corrected chi connectivity index (χ2v) is 13.1. The van der Waals surface area contributed by atoms with E-state index >= 15 is 0 Å². The zero-order valence-electron chi connectivity index (χ0n) is 21.7. The molecule has 2 N–H and O–H groups in total. The molecule has 0 bridgehead atoms. The zero-order valence-corrected chi connectivity index (χ0v) is 23.4. The number of benzene rings is 3. The van der Waals surface area contributed by atoms with Crippen molar-refractivity contribution >= 4 is 40.6 Å². The molecule has 34 heavy (non-hydrogen) atoms. The molecule has 0 aliphatic heterocycles. The van der Waals surface area contributed by atoms with Gasteiger partial charge < -0.3 is 10.6 Å². The Labute approximate surface area is 215 Å². The summed E-state index contributed by atoms with van der Waals surface area (Å²) in [5.41, 5.74) is 6.41. The molecular formula is C30H40N2S2. The van der Waals surface area contributed by atoms with Gasteiger partial charge in [-0.3, -0.25) is 0 Å². The van der Waals surface area contributed by atoms with Crippen LogP contribution in [0.4, 0.5) is 17.1 Å². The summed E-state index contributed by atoms with van der Waals surface area (Å²) in [7, 11) is 0. The summed E-state index contributed by atoms with van der Waals surface area (Å²) in [6, 6.07) is 26.1. The van der Waals surface area contributed by atoms with Crippen LogP contribution in [0.5, 0.6) is 0 Å². The fourth-order valence-corrected chi connectivity index (χ4v) is 5.38. The molecule has 0 aromatic heterocycles. The first-order valence-corrected chi connectivity index (χ1v) is 14.3. The van der Waals surface area contributed by atoms with Gasteiger partial charge in [0.15, 0.2) is 0 Å². The lowest BCUT2D eigenvalue weighted by molar-refractivity contribution is 0.565. The summed E-state index contributed by atoms with van der Waals surface area (Å²) in [5.74, 6) is 1.13. The van der Waals surface area contributed by atoms with Crippen molar-refractivity contribution in [3.63, 3.8) is 0 Å². The van der Waals surface area contributed by atoms with Gasteiger partial charge in [0.25, 0.3) is 0 Å². The minimum Gasteiger partial charge on any atom is -0.373 e. The summed E-state index contributed by atoms with van der Waals surface area (Å²) in [4.78, 5) is 1.35. The molecule has 2 nitrogen and oxygen atoms in total. The van der Waals surface area contributed by atoms with Crippen LogP contribution < -0.4 is 10.6 Å². The number of hydrogen-bond acceptors (Lipinski definition) is 4. The van der Waals surface area contributed by atoms with Crippen LogP contribution in [0.15, 0.2) is 77.7 Å². The van der Waals surface area contributed by atoms with Crippen LogP contribution in [0.1, 0.15) is 59.1 Å². The summed E-state index contributed by atoms with van der Waals surface area (Å²) < 4.78 is 0. The van der Waals surface area contributed by atoms with Gasteiger partial charge in [0.2, 0.25) is 0 Å². The quantitative estimate of drug-likeness (QED) is 0.229. The van der Waals surface area contributed by atoms with E-state index in [1.807, 2.05) is 41.7 Å². The van der Waals surface area contributed by atoms with Gasteiger partial charge in [0.05, 0.1) is 5.37 Å². The van der Waals surface area contributed by atoms with E-state index in [1.165, 1.54) is 16.0 Å². The van der Waals surface area contributed by atoms with Crippen LogP contribution in [0, 0.1) is 0 Å². The van der Waals surface area contributed by atoms with E-state index in [1.54, 1.807) is 0 Å². The predicted octanol–water partition coefficient (Wildman–Crippen LogP) is 9.31. The van der Waals surface area contributed by atoms with E-state index in [-0.39, 0.29) is 10.8 Å². The normalized spacial score (nSPS) is 12.9. The first kappa shape index (κ1) is 26.6. The third-order valence-electron chi connectivity index (χ3n) is 5.78. The van der Waals surface area contributed by atoms with Crippen molar-refractivity contribution in [1.29, 1.82) is 0 Å². The molecule has 182 valence electrons. The predicted molar refractivity (Wildman–Crippen MR) is 156 cm³/mol. The molecule has 0 aliphatic carbocycles. The summed E-state index contributed by atoms with van der Waals surface area (Å²) >= 11 is 3.86. The van der Waals surface area contributed by atoms with E-state index < -0.39 is 0 Å². The molecule has 3 aromatic carbocycles. The van der Waals surface area contributed by atoms with Crippen molar-refractivity contribution in [3.05, 3.63) is 83.9 Å². The molecule has 0 aliphatic rings. The monoisotopic (exact) mass is 492 g/mol. The fraction of sp³-hybridized carbons (Fsp3) is 0.400. The molecule has 0 heterocycles. The van der Waals surface area contributed by atoms with Crippen LogP contribution in [-0.4, -0.2) is 17.4 Å². The van der Waals surface area contributed by atoms with Crippen LogP contribution >= 0.6 is 23.5 Å². The second-order valence-electron chi connectivity index (χ2n) is 10.8. The molecule has 0 saturated carbocycles. The summed E-state index contributed by atoms with van der Waals surface area (Å²) in [6.45, 7) is 13.8. The Morgan fingerprint density at radius 3 is 1.76 bits per heavy atom. The lowest BCUT2D eigenvalue weighted by Gasteiger charge is -2.27. The van der Waals surface area contributed by atoms with Crippen LogP contribution in [0.3, 0.4) is 0 Å². The minimum atomic E-state index is 0.125. The maximum Gasteiger partial charge on any atom is 0.0776 e. The number of para-hydroxylation sites is 1. The van der Waals surface area contributed by atoms with Crippen molar-refractivity contribution < 1.29 is 0 Å². The number of rotatable bonds is 9. The number of hydrogen-bond donors (Lipinski definition) is 2. The fourth-order valence-electron chi connectivity index (χ4n) is 3.61. The van der Waals surface area contributed by atoms with E-state index in [0.29, 0.717) is 5.37 Å². The van der Waals surface area contributed by atoms with Gasteiger partial charge in [-0.05, 0) is 88.9 Å². The molecule has 0 spiro atoms. The Morgan fingerprint density at radius 2 is 1.24 bits per heavy atom. The Bertz CT molecular complexity index is 1000. The van der Waals surface area contributed by atoms with Crippen molar-refractivity contribution in [2.24, 2.45) is 0 Å². The van der Waals surface area contributed by atoms with Gasteiger partial charge in [0.1, 0.15) is 0 Å². The molecule has 0 amide bonds. The van der Waals surface area contributed by atoms with Crippen molar-refractivity contribution in [2.45, 2.75) is 69.1 Å². The lowest BCUT2D eigenvalue weighted by atomic mass is 9.81. The third-order valence-corrected chi connectivity index (χ3v) is 7.57. The van der Waals surface area contributed by atoms with Crippen LogP contribution in [0.25, 0.3) is 0 Å². The zero-order chi connectivity index (χ0) is 24.8. The highest BCUT2D eigenvalue weighted by molar-refractivity contribution is 8.00. The van der Waals surface area contributed by atoms with Gasteiger partial charge in [0, 0.05) is 22.0 Å². The summed E-state index contributed by atoms with van der Waals surface area (Å²) in [5, 5.41) is 7.56. The van der Waals surface area contributed by atoms with E-state index in [0.717, 1.165) is 29.2 Å². The lowest BCUT2D eigenvalue weighted by Crippen LogP contribution is -2.19. The Balaban J connectivity index is 1.78. The molecule has 0 fully saturated rings. The molecular weight excluding hydrogens is 452 g/mol. The topological polar surface area (TPSA) is 24.1 Å². The molecule has 3 rings (SSSR count). The van der Waals surface area contributed by atoms with Gasteiger partial charge in [-0.2, -0.15) is 11.8 Å². The maximum atomic E-state index is 3.79. The second kappa shape index (κ2) is 11.6. The largest absolute Gasteiger partial charge is 0.373 e. The Kier molecular flexibility index (Phi) is 9.06. The van der Waals surface area contributed by atoms with Gasteiger partial charge in [-0.15, -0.1) is 11.8 Å². The van der Waals surface area contributed by atoms with Crippen molar-refractivity contribution in [3.8, 4) is 0 Å². The van der Waals surface area contributed by atoms with E-state index in [4.69, 9.17) is 0 Å². The molecule has 1 unspecified atom stereocenters. The first-order valence-electron chi connectivity index (χ1n) is 12.0. The van der Waals surface area contributed by atoms with Gasteiger partial charge >= 0.3 is 0 Å². The number of nitrogens with one attached hydrogen (secondary N) is 2. The molecule has 0 radical (unpaired) electrons. The average Bonchev–Trinajstić information content (AvgIpc) is 2.78. The molecule has 4 heteroatoms. The average molecular weight is 493 g/mol. The molecule has 3 aromatic rings. The highest BCUT2D eigenvalue weighted by atomic mass is 32.2. The smallest absolute Gasteiger partial charge is 0.0776 e. The minimum absolute atomic E-state index is 0.125. The van der Waals surface area contributed by atoms with E-state index in [2.05, 4.69) is 113 Å². The van der Waals surface area contributed by atoms with Crippen LogP contribution in [0.2, 0.25) is 0 Å². The molecule has 1 atom stereocenters. The Hall–Kier alpha value is -2.04.